The fraction of sp³-hybridized carbons (Fsp3) is 0.409. The van der Waals surface area contributed by atoms with E-state index in [-0.39, 0.29) is 12.5 Å². The Hall–Kier alpha value is -2.38. The van der Waals surface area contributed by atoms with Gasteiger partial charge in [-0.25, -0.2) is 8.42 Å². The van der Waals surface area contributed by atoms with Crippen LogP contribution in [-0.2, 0) is 21.4 Å². The number of aryl methyl sites for hydroxylation is 2. The van der Waals surface area contributed by atoms with Crippen LogP contribution >= 0.6 is 0 Å². The van der Waals surface area contributed by atoms with Gasteiger partial charge in [-0.05, 0) is 37.1 Å². The molecule has 6 nitrogen and oxygen atoms in total. The van der Waals surface area contributed by atoms with Crippen molar-refractivity contribution in [3.63, 3.8) is 0 Å². The summed E-state index contributed by atoms with van der Waals surface area (Å²) in [6.45, 7) is 7.72. The predicted molar refractivity (Wildman–Crippen MR) is 116 cm³/mol. The standard InChI is InChI=1S/C22H29N3O3S/c1-18-9-10-21(15-19(18)2)25(29(3,27)28)17-22(26)24-13-11-23(12-14-24)16-20-7-5-4-6-8-20/h4-10,15H,11-14,16-17H2,1-3H3/p+1. The van der Waals surface area contributed by atoms with E-state index in [0.717, 1.165) is 37.0 Å². The summed E-state index contributed by atoms with van der Waals surface area (Å²) in [5.41, 5.74) is 3.92. The molecule has 0 bridgehead atoms. The highest BCUT2D eigenvalue weighted by molar-refractivity contribution is 7.92. The van der Waals surface area contributed by atoms with Crippen molar-refractivity contribution in [2.24, 2.45) is 0 Å². The highest BCUT2D eigenvalue weighted by Crippen LogP contribution is 2.21. The zero-order valence-corrected chi connectivity index (χ0v) is 18.2. The van der Waals surface area contributed by atoms with E-state index >= 15 is 0 Å². The Morgan fingerprint density at radius 3 is 2.28 bits per heavy atom. The molecule has 0 radical (unpaired) electrons. The molecular weight excluding hydrogens is 386 g/mol. The molecule has 0 unspecified atom stereocenters. The second-order valence-electron chi connectivity index (χ2n) is 7.83. The first-order chi connectivity index (χ1) is 13.7. The molecule has 7 heteroatoms. The van der Waals surface area contributed by atoms with Gasteiger partial charge in [0.05, 0.1) is 38.1 Å². The molecule has 0 spiro atoms. The van der Waals surface area contributed by atoms with Crippen LogP contribution in [0.3, 0.4) is 0 Å². The minimum Gasteiger partial charge on any atom is -0.330 e. The lowest BCUT2D eigenvalue weighted by Crippen LogP contribution is -3.13. The number of quaternary nitrogens is 1. The summed E-state index contributed by atoms with van der Waals surface area (Å²) in [7, 11) is -3.55. The maximum atomic E-state index is 12.9. The van der Waals surface area contributed by atoms with E-state index in [4.69, 9.17) is 0 Å². The summed E-state index contributed by atoms with van der Waals surface area (Å²) in [5, 5.41) is 0. The van der Waals surface area contributed by atoms with Gasteiger partial charge in [0.25, 0.3) is 0 Å². The van der Waals surface area contributed by atoms with Gasteiger partial charge in [-0.3, -0.25) is 9.10 Å². The van der Waals surface area contributed by atoms with E-state index in [9.17, 15) is 13.2 Å². The number of carbonyl (C=O) groups excluding carboxylic acids is 1. The lowest BCUT2D eigenvalue weighted by molar-refractivity contribution is -0.917. The zero-order valence-electron chi connectivity index (χ0n) is 17.4. The second-order valence-corrected chi connectivity index (χ2v) is 9.74. The first kappa shape index (κ1) is 21.3. The molecule has 2 aromatic rings. The molecule has 29 heavy (non-hydrogen) atoms. The lowest BCUT2D eigenvalue weighted by atomic mass is 10.1. The van der Waals surface area contributed by atoms with Crippen molar-refractivity contribution < 1.29 is 18.1 Å². The third-order valence-electron chi connectivity index (χ3n) is 5.58. The number of hydrogen-bond donors (Lipinski definition) is 1. The second kappa shape index (κ2) is 8.97. The van der Waals surface area contributed by atoms with Crippen LogP contribution in [0.4, 0.5) is 5.69 Å². The van der Waals surface area contributed by atoms with Gasteiger partial charge >= 0.3 is 0 Å². The van der Waals surface area contributed by atoms with Crippen LogP contribution in [0, 0.1) is 13.8 Å². The topological polar surface area (TPSA) is 62.1 Å². The Morgan fingerprint density at radius 2 is 1.69 bits per heavy atom. The maximum absolute atomic E-state index is 12.9. The third-order valence-corrected chi connectivity index (χ3v) is 6.72. The smallest absolute Gasteiger partial charge is 0.243 e. The summed E-state index contributed by atoms with van der Waals surface area (Å²) in [4.78, 5) is 16.1. The quantitative estimate of drug-likeness (QED) is 0.764. The number of piperazine rings is 1. The number of anilines is 1. The van der Waals surface area contributed by atoms with Gasteiger partial charge in [0.2, 0.25) is 15.9 Å². The van der Waals surface area contributed by atoms with E-state index in [0.29, 0.717) is 18.8 Å². The molecule has 1 aliphatic rings. The van der Waals surface area contributed by atoms with Crippen LogP contribution in [-0.4, -0.2) is 58.2 Å². The number of amides is 1. The summed E-state index contributed by atoms with van der Waals surface area (Å²) >= 11 is 0. The summed E-state index contributed by atoms with van der Waals surface area (Å²) in [6.07, 6.45) is 1.15. The highest BCUT2D eigenvalue weighted by atomic mass is 32.2. The number of hydrogen-bond acceptors (Lipinski definition) is 3. The molecule has 1 heterocycles. The molecule has 1 saturated heterocycles. The van der Waals surface area contributed by atoms with Crippen molar-refractivity contribution in [1.29, 1.82) is 0 Å². The first-order valence-electron chi connectivity index (χ1n) is 9.94. The molecule has 1 N–H and O–H groups in total. The molecule has 2 aromatic carbocycles. The molecule has 156 valence electrons. The molecule has 0 saturated carbocycles. The largest absolute Gasteiger partial charge is 0.330 e. The Bertz CT molecular complexity index is 953. The van der Waals surface area contributed by atoms with E-state index in [1.807, 2.05) is 44.2 Å². The van der Waals surface area contributed by atoms with Gasteiger partial charge in [-0.1, -0.05) is 36.4 Å². The van der Waals surface area contributed by atoms with Crippen LogP contribution < -0.4 is 9.21 Å². The number of nitrogens with zero attached hydrogens (tertiary/aromatic N) is 2. The van der Waals surface area contributed by atoms with Gasteiger partial charge < -0.3 is 9.80 Å². The van der Waals surface area contributed by atoms with Crippen LogP contribution in [0.15, 0.2) is 48.5 Å². The molecular formula is C22H30N3O3S+. The molecule has 1 amide bonds. The molecule has 3 rings (SSSR count). The monoisotopic (exact) mass is 416 g/mol. The molecule has 1 fully saturated rings. The minimum atomic E-state index is -3.55. The van der Waals surface area contributed by atoms with E-state index in [2.05, 4.69) is 12.1 Å². The molecule has 0 aliphatic carbocycles. The Labute approximate surface area is 173 Å². The average Bonchev–Trinajstić information content (AvgIpc) is 2.69. The normalized spacial score (nSPS) is 15.3. The van der Waals surface area contributed by atoms with Crippen molar-refractivity contribution in [2.75, 3.05) is 43.3 Å². The van der Waals surface area contributed by atoms with Gasteiger partial charge in [-0.2, -0.15) is 0 Å². The van der Waals surface area contributed by atoms with E-state index in [1.165, 1.54) is 14.8 Å². The van der Waals surface area contributed by atoms with Crippen molar-refractivity contribution in [1.82, 2.24) is 4.90 Å². The Kier molecular flexibility index (Phi) is 6.59. The van der Waals surface area contributed by atoms with Gasteiger partial charge in [0, 0.05) is 5.56 Å². The highest BCUT2D eigenvalue weighted by Gasteiger charge is 2.28. The fourth-order valence-electron chi connectivity index (χ4n) is 3.64. The average molecular weight is 417 g/mol. The Balaban J connectivity index is 1.62. The third kappa shape index (κ3) is 5.58. The van der Waals surface area contributed by atoms with Crippen molar-refractivity contribution in [3.8, 4) is 0 Å². The lowest BCUT2D eigenvalue weighted by Gasteiger charge is -2.33. The van der Waals surface area contributed by atoms with Crippen LogP contribution in [0.2, 0.25) is 0 Å². The summed E-state index contributed by atoms with van der Waals surface area (Å²) in [6, 6.07) is 15.8. The van der Waals surface area contributed by atoms with Crippen LogP contribution in [0.25, 0.3) is 0 Å². The van der Waals surface area contributed by atoms with Crippen molar-refractivity contribution in [3.05, 3.63) is 65.2 Å². The van der Waals surface area contributed by atoms with Crippen LogP contribution in [0.5, 0.6) is 0 Å². The van der Waals surface area contributed by atoms with Crippen molar-refractivity contribution in [2.45, 2.75) is 20.4 Å². The summed E-state index contributed by atoms with van der Waals surface area (Å²) < 4.78 is 25.9. The first-order valence-corrected chi connectivity index (χ1v) is 11.8. The SMILES string of the molecule is Cc1ccc(N(CC(=O)N2CC[NH+](Cc3ccccc3)CC2)S(C)(=O)=O)cc1C. The zero-order chi connectivity index (χ0) is 21.0. The van der Waals surface area contributed by atoms with Gasteiger partial charge in [-0.15, -0.1) is 0 Å². The minimum absolute atomic E-state index is 0.146. The van der Waals surface area contributed by atoms with E-state index in [1.54, 1.807) is 11.0 Å². The number of carbonyl (C=O) groups is 1. The maximum Gasteiger partial charge on any atom is 0.243 e. The molecule has 1 aliphatic heterocycles. The molecule has 0 aromatic heterocycles. The number of nitrogens with one attached hydrogen (secondary N) is 1. The fourth-order valence-corrected chi connectivity index (χ4v) is 4.48. The predicted octanol–water partition coefficient (Wildman–Crippen LogP) is 0.997. The summed E-state index contributed by atoms with van der Waals surface area (Å²) in [5.74, 6) is -0.146. The van der Waals surface area contributed by atoms with Crippen molar-refractivity contribution >= 4 is 21.6 Å². The van der Waals surface area contributed by atoms with E-state index < -0.39 is 10.0 Å². The molecule has 0 atom stereocenters. The number of rotatable bonds is 6. The van der Waals surface area contributed by atoms with Crippen LogP contribution in [0.1, 0.15) is 16.7 Å². The number of benzene rings is 2. The van der Waals surface area contributed by atoms with Gasteiger partial charge in [0.15, 0.2) is 0 Å². The number of sulfonamides is 1. The van der Waals surface area contributed by atoms with Gasteiger partial charge in [0.1, 0.15) is 13.1 Å². The Morgan fingerprint density at radius 1 is 1.03 bits per heavy atom.